The van der Waals surface area contributed by atoms with Gasteiger partial charge in [0.15, 0.2) is 0 Å². The molecular formula is C20H27N3O3. The number of fused-ring (bicyclic) bond motifs is 1. The van der Waals surface area contributed by atoms with Gasteiger partial charge in [-0.05, 0) is 50.2 Å². The van der Waals surface area contributed by atoms with Crippen molar-refractivity contribution in [1.29, 1.82) is 0 Å². The van der Waals surface area contributed by atoms with Gasteiger partial charge in [0.25, 0.3) is 0 Å². The molecule has 1 aromatic rings. The second-order valence-electron chi connectivity index (χ2n) is 7.75. The van der Waals surface area contributed by atoms with Gasteiger partial charge >= 0.3 is 0 Å². The molecule has 4 rings (SSSR count). The Balaban J connectivity index is 1.40. The Bertz CT molecular complexity index is 647. The molecule has 1 N–H and O–H groups in total. The van der Waals surface area contributed by atoms with E-state index in [1.165, 1.54) is 6.42 Å². The lowest BCUT2D eigenvalue weighted by molar-refractivity contribution is -0.153. The van der Waals surface area contributed by atoms with Crippen LogP contribution in [0.15, 0.2) is 24.5 Å². The SMILES string of the molecule is O=C(NC1CCC1)[C@H]1CC[C@H]2OCCN(C(=O)Cc3cccnc3)[C@@H]2C1. The van der Waals surface area contributed by atoms with Crippen LogP contribution in [-0.4, -0.2) is 53.0 Å². The molecule has 0 bridgehead atoms. The first-order valence-corrected chi connectivity index (χ1v) is 9.81. The Morgan fingerprint density at radius 2 is 2.15 bits per heavy atom. The normalized spacial score (nSPS) is 28.8. The third kappa shape index (κ3) is 3.75. The van der Waals surface area contributed by atoms with Crippen molar-refractivity contribution >= 4 is 11.8 Å². The van der Waals surface area contributed by atoms with Gasteiger partial charge in [0.2, 0.25) is 11.8 Å². The van der Waals surface area contributed by atoms with Crippen molar-refractivity contribution in [3.63, 3.8) is 0 Å². The Morgan fingerprint density at radius 3 is 2.88 bits per heavy atom. The number of carbonyl (C=O) groups excluding carboxylic acids is 2. The third-order valence-corrected chi connectivity index (χ3v) is 6.04. The van der Waals surface area contributed by atoms with Crippen molar-refractivity contribution < 1.29 is 14.3 Å². The maximum atomic E-state index is 12.9. The van der Waals surface area contributed by atoms with E-state index in [-0.39, 0.29) is 29.9 Å². The summed E-state index contributed by atoms with van der Waals surface area (Å²) in [5, 5.41) is 3.17. The van der Waals surface area contributed by atoms with Gasteiger partial charge in [0, 0.05) is 30.9 Å². The Hall–Kier alpha value is -1.95. The molecule has 1 saturated heterocycles. The Kier molecular flexibility index (Phi) is 5.20. The van der Waals surface area contributed by atoms with Gasteiger partial charge in [-0.1, -0.05) is 6.07 Å². The summed E-state index contributed by atoms with van der Waals surface area (Å²) < 4.78 is 5.92. The van der Waals surface area contributed by atoms with Crippen molar-refractivity contribution in [2.24, 2.45) is 5.92 Å². The van der Waals surface area contributed by atoms with E-state index >= 15 is 0 Å². The van der Waals surface area contributed by atoms with Crippen LogP contribution in [0, 0.1) is 5.92 Å². The maximum Gasteiger partial charge on any atom is 0.227 e. The van der Waals surface area contributed by atoms with Gasteiger partial charge < -0.3 is 15.0 Å². The van der Waals surface area contributed by atoms with Crippen LogP contribution in [0.25, 0.3) is 0 Å². The van der Waals surface area contributed by atoms with Crippen LogP contribution in [0.2, 0.25) is 0 Å². The van der Waals surface area contributed by atoms with E-state index in [4.69, 9.17) is 4.74 Å². The van der Waals surface area contributed by atoms with Crippen LogP contribution >= 0.6 is 0 Å². The first-order valence-electron chi connectivity index (χ1n) is 9.81. The zero-order chi connectivity index (χ0) is 17.9. The van der Waals surface area contributed by atoms with Gasteiger partial charge in [-0.2, -0.15) is 0 Å². The highest BCUT2D eigenvalue weighted by Crippen LogP contribution is 2.33. The number of nitrogens with zero attached hydrogens (tertiary/aromatic N) is 2. The molecule has 3 fully saturated rings. The van der Waals surface area contributed by atoms with Crippen molar-refractivity contribution in [1.82, 2.24) is 15.2 Å². The van der Waals surface area contributed by atoms with E-state index in [9.17, 15) is 9.59 Å². The minimum atomic E-state index is -0.00718. The summed E-state index contributed by atoms with van der Waals surface area (Å²) in [5.41, 5.74) is 0.927. The maximum absolute atomic E-state index is 12.9. The van der Waals surface area contributed by atoms with Crippen molar-refractivity contribution in [2.75, 3.05) is 13.2 Å². The van der Waals surface area contributed by atoms with E-state index < -0.39 is 0 Å². The molecule has 0 unspecified atom stereocenters. The zero-order valence-electron chi connectivity index (χ0n) is 15.1. The molecule has 1 aliphatic heterocycles. The molecular weight excluding hydrogens is 330 g/mol. The number of ether oxygens (including phenoxy) is 1. The predicted molar refractivity (Wildman–Crippen MR) is 96.3 cm³/mol. The van der Waals surface area contributed by atoms with E-state index in [0.29, 0.717) is 32.0 Å². The van der Waals surface area contributed by atoms with Crippen LogP contribution in [0.1, 0.15) is 44.1 Å². The number of hydrogen-bond donors (Lipinski definition) is 1. The number of rotatable bonds is 4. The van der Waals surface area contributed by atoms with E-state index in [1.54, 1.807) is 12.4 Å². The average Bonchev–Trinajstić information content (AvgIpc) is 2.64. The van der Waals surface area contributed by atoms with Crippen LogP contribution in [0.4, 0.5) is 0 Å². The van der Waals surface area contributed by atoms with Gasteiger partial charge in [0.05, 0.1) is 25.2 Å². The number of carbonyl (C=O) groups is 2. The molecule has 1 aromatic heterocycles. The molecule has 2 saturated carbocycles. The monoisotopic (exact) mass is 357 g/mol. The van der Waals surface area contributed by atoms with E-state index in [2.05, 4.69) is 10.3 Å². The number of pyridine rings is 1. The molecule has 2 amide bonds. The van der Waals surface area contributed by atoms with Crippen molar-refractivity contribution in [3.8, 4) is 0 Å². The van der Waals surface area contributed by atoms with Crippen LogP contribution in [-0.2, 0) is 20.7 Å². The lowest BCUT2D eigenvalue weighted by Crippen LogP contribution is -2.57. The molecule has 6 heteroatoms. The highest BCUT2D eigenvalue weighted by molar-refractivity contribution is 5.81. The molecule has 6 nitrogen and oxygen atoms in total. The molecule has 3 atom stereocenters. The molecule has 3 aliphatic rings. The predicted octanol–water partition coefficient (Wildman–Crippen LogP) is 1.69. The van der Waals surface area contributed by atoms with Crippen LogP contribution < -0.4 is 5.32 Å². The van der Waals surface area contributed by atoms with Gasteiger partial charge in [-0.25, -0.2) is 0 Å². The molecule has 2 aliphatic carbocycles. The first kappa shape index (κ1) is 17.5. The van der Waals surface area contributed by atoms with Gasteiger partial charge in [0.1, 0.15) is 0 Å². The topological polar surface area (TPSA) is 71.5 Å². The summed E-state index contributed by atoms with van der Waals surface area (Å²) in [6, 6.07) is 4.16. The number of hydrogen-bond acceptors (Lipinski definition) is 4. The third-order valence-electron chi connectivity index (χ3n) is 6.04. The fraction of sp³-hybridized carbons (Fsp3) is 0.650. The summed E-state index contributed by atoms with van der Waals surface area (Å²) in [6.45, 7) is 1.19. The minimum absolute atomic E-state index is 0.00718. The highest BCUT2D eigenvalue weighted by Gasteiger charge is 2.42. The summed E-state index contributed by atoms with van der Waals surface area (Å²) in [7, 11) is 0. The van der Waals surface area contributed by atoms with Gasteiger partial charge in [-0.15, -0.1) is 0 Å². The molecule has 140 valence electrons. The lowest BCUT2D eigenvalue weighted by atomic mass is 9.81. The summed E-state index contributed by atoms with van der Waals surface area (Å²) in [4.78, 5) is 31.5. The second kappa shape index (κ2) is 7.74. The molecule has 0 aromatic carbocycles. The standard InChI is InChI=1S/C20H27N3O3/c24-19(11-14-3-2-8-21-13-14)23-9-10-26-18-7-6-15(12-17(18)23)20(25)22-16-4-1-5-16/h2-3,8,13,15-18H,1,4-7,9-12H2,(H,22,25)/t15-,17+,18+/m0/s1. The smallest absolute Gasteiger partial charge is 0.227 e. The van der Waals surface area contributed by atoms with Crippen LogP contribution in [0.3, 0.4) is 0 Å². The zero-order valence-corrected chi connectivity index (χ0v) is 15.1. The molecule has 0 radical (unpaired) electrons. The van der Waals surface area contributed by atoms with Crippen molar-refractivity contribution in [3.05, 3.63) is 30.1 Å². The average molecular weight is 357 g/mol. The summed E-state index contributed by atoms with van der Waals surface area (Å²) in [6.07, 6.45) is 9.70. The second-order valence-corrected chi connectivity index (χ2v) is 7.75. The van der Waals surface area contributed by atoms with Crippen LogP contribution in [0.5, 0.6) is 0 Å². The minimum Gasteiger partial charge on any atom is -0.374 e. The van der Waals surface area contributed by atoms with Crippen molar-refractivity contribution in [2.45, 2.75) is 63.1 Å². The molecule has 2 heterocycles. The summed E-state index contributed by atoms with van der Waals surface area (Å²) >= 11 is 0. The molecule has 0 spiro atoms. The highest BCUT2D eigenvalue weighted by atomic mass is 16.5. The number of amides is 2. The van der Waals surface area contributed by atoms with Gasteiger partial charge in [-0.3, -0.25) is 14.6 Å². The van der Waals surface area contributed by atoms with E-state index in [0.717, 1.165) is 31.2 Å². The summed E-state index contributed by atoms with van der Waals surface area (Å²) in [5.74, 6) is 0.266. The fourth-order valence-electron chi connectivity index (χ4n) is 4.31. The first-order chi connectivity index (χ1) is 12.7. The Morgan fingerprint density at radius 1 is 1.27 bits per heavy atom. The quantitative estimate of drug-likeness (QED) is 0.890. The number of aromatic nitrogens is 1. The number of morpholine rings is 1. The Labute approximate surface area is 154 Å². The largest absolute Gasteiger partial charge is 0.374 e. The molecule has 26 heavy (non-hydrogen) atoms. The number of nitrogens with one attached hydrogen (secondary N) is 1. The lowest BCUT2D eigenvalue weighted by Gasteiger charge is -2.46. The van der Waals surface area contributed by atoms with E-state index in [1.807, 2.05) is 17.0 Å². The fourth-order valence-corrected chi connectivity index (χ4v) is 4.31.